The summed E-state index contributed by atoms with van der Waals surface area (Å²) < 4.78 is 5.48. The summed E-state index contributed by atoms with van der Waals surface area (Å²) in [5.41, 5.74) is 0. The second-order valence-electron chi connectivity index (χ2n) is 5.31. The second kappa shape index (κ2) is 6.24. The van der Waals surface area contributed by atoms with Crippen molar-refractivity contribution in [1.29, 1.82) is 0 Å². The zero-order valence-corrected chi connectivity index (χ0v) is 10.7. The zero-order valence-electron chi connectivity index (χ0n) is 10.7. The number of urea groups is 1. The van der Waals surface area contributed by atoms with Gasteiger partial charge in [0, 0.05) is 25.1 Å². The first-order valence-electron chi connectivity index (χ1n) is 6.91. The van der Waals surface area contributed by atoms with Gasteiger partial charge in [-0.05, 0) is 26.2 Å². The third kappa shape index (κ3) is 3.87. The number of nitrogens with one attached hydrogen (secondary N) is 2. The number of rotatable bonds is 3. The van der Waals surface area contributed by atoms with Crippen LogP contribution >= 0.6 is 0 Å². The highest BCUT2D eigenvalue weighted by atomic mass is 16.5. The van der Waals surface area contributed by atoms with Crippen molar-refractivity contribution >= 4 is 6.03 Å². The van der Waals surface area contributed by atoms with Crippen LogP contribution in [0.3, 0.4) is 0 Å². The molecule has 1 saturated carbocycles. The second-order valence-corrected chi connectivity index (χ2v) is 5.31. The smallest absolute Gasteiger partial charge is 0.315 e. The SMILES string of the molecule is CC1OCCC1CNC(=O)NC1CCCCC1. The molecule has 2 rings (SSSR count). The van der Waals surface area contributed by atoms with Crippen molar-refractivity contribution in [2.75, 3.05) is 13.2 Å². The van der Waals surface area contributed by atoms with Crippen LogP contribution in [0.2, 0.25) is 0 Å². The van der Waals surface area contributed by atoms with E-state index in [1.807, 2.05) is 0 Å². The average molecular weight is 240 g/mol. The maximum absolute atomic E-state index is 11.7. The molecule has 2 unspecified atom stereocenters. The Kier molecular flexibility index (Phi) is 4.66. The third-order valence-electron chi connectivity index (χ3n) is 4.00. The molecule has 0 aromatic rings. The van der Waals surface area contributed by atoms with Crippen LogP contribution in [-0.4, -0.2) is 31.3 Å². The Bertz CT molecular complexity index is 252. The van der Waals surface area contributed by atoms with Gasteiger partial charge in [0.25, 0.3) is 0 Å². The van der Waals surface area contributed by atoms with E-state index in [2.05, 4.69) is 17.6 Å². The van der Waals surface area contributed by atoms with Crippen LogP contribution in [0.4, 0.5) is 4.79 Å². The Morgan fingerprint density at radius 1 is 1.24 bits per heavy atom. The molecule has 2 fully saturated rings. The minimum absolute atomic E-state index is 0.00370. The van der Waals surface area contributed by atoms with Crippen molar-refractivity contribution in [1.82, 2.24) is 10.6 Å². The van der Waals surface area contributed by atoms with Crippen LogP contribution < -0.4 is 10.6 Å². The van der Waals surface area contributed by atoms with Gasteiger partial charge in [0.15, 0.2) is 0 Å². The van der Waals surface area contributed by atoms with Crippen molar-refractivity contribution in [3.05, 3.63) is 0 Å². The van der Waals surface area contributed by atoms with Gasteiger partial charge in [-0.15, -0.1) is 0 Å². The molecule has 1 aliphatic heterocycles. The zero-order chi connectivity index (χ0) is 12.1. The van der Waals surface area contributed by atoms with Crippen molar-refractivity contribution in [3.8, 4) is 0 Å². The lowest BCUT2D eigenvalue weighted by Crippen LogP contribution is -2.44. The van der Waals surface area contributed by atoms with Gasteiger partial charge < -0.3 is 15.4 Å². The Hall–Kier alpha value is -0.770. The molecule has 1 aliphatic carbocycles. The number of hydrogen-bond donors (Lipinski definition) is 2. The number of carbonyl (C=O) groups excluding carboxylic acids is 1. The summed E-state index contributed by atoms with van der Waals surface area (Å²) >= 11 is 0. The minimum atomic E-state index is -0.00370. The maximum Gasteiger partial charge on any atom is 0.315 e. The van der Waals surface area contributed by atoms with Crippen LogP contribution in [0.5, 0.6) is 0 Å². The fraction of sp³-hybridized carbons (Fsp3) is 0.923. The van der Waals surface area contributed by atoms with Gasteiger partial charge >= 0.3 is 6.03 Å². The van der Waals surface area contributed by atoms with E-state index in [1.165, 1.54) is 19.3 Å². The van der Waals surface area contributed by atoms with Crippen LogP contribution in [0, 0.1) is 5.92 Å². The summed E-state index contributed by atoms with van der Waals surface area (Å²) in [6.45, 7) is 3.65. The molecule has 4 heteroatoms. The van der Waals surface area contributed by atoms with E-state index >= 15 is 0 Å². The van der Waals surface area contributed by atoms with E-state index in [4.69, 9.17) is 4.74 Å². The molecule has 0 spiro atoms. The van der Waals surface area contributed by atoms with Gasteiger partial charge in [-0.3, -0.25) is 0 Å². The molecular formula is C13H24N2O2. The maximum atomic E-state index is 11.7. The highest BCUT2D eigenvalue weighted by Crippen LogP contribution is 2.19. The lowest BCUT2D eigenvalue weighted by Gasteiger charge is -2.23. The standard InChI is InChI=1S/C13H24N2O2/c1-10-11(7-8-17-10)9-14-13(16)15-12-5-3-2-4-6-12/h10-12H,2-9H2,1H3,(H2,14,15,16). The number of hydrogen-bond acceptors (Lipinski definition) is 2. The van der Waals surface area contributed by atoms with Gasteiger partial charge in [0.1, 0.15) is 0 Å². The summed E-state index contributed by atoms with van der Waals surface area (Å²) in [5, 5.41) is 6.04. The molecule has 0 aromatic heterocycles. The Morgan fingerprint density at radius 2 is 2.00 bits per heavy atom. The molecule has 0 aromatic carbocycles. The summed E-state index contributed by atoms with van der Waals surface area (Å²) in [6.07, 6.45) is 7.43. The predicted octanol–water partition coefficient (Wildman–Crippen LogP) is 2.04. The van der Waals surface area contributed by atoms with E-state index in [9.17, 15) is 4.79 Å². The first kappa shape index (κ1) is 12.7. The van der Waals surface area contributed by atoms with Crippen molar-refractivity contribution in [2.45, 2.75) is 57.6 Å². The number of ether oxygens (including phenoxy) is 1. The molecule has 1 heterocycles. The fourth-order valence-corrected chi connectivity index (χ4v) is 2.75. The normalized spacial score (nSPS) is 30.2. The van der Waals surface area contributed by atoms with Crippen LogP contribution in [0.15, 0.2) is 0 Å². The molecule has 2 atom stereocenters. The van der Waals surface area contributed by atoms with E-state index in [1.54, 1.807) is 0 Å². The Balaban J connectivity index is 1.63. The van der Waals surface area contributed by atoms with E-state index in [-0.39, 0.29) is 12.1 Å². The van der Waals surface area contributed by atoms with E-state index in [0.29, 0.717) is 12.0 Å². The molecule has 0 radical (unpaired) electrons. The van der Waals surface area contributed by atoms with Crippen molar-refractivity contribution in [2.24, 2.45) is 5.92 Å². The molecular weight excluding hydrogens is 216 g/mol. The van der Waals surface area contributed by atoms with Gasteiger partial charge in [0.2, 0.25) is 0 Å². The van der Waals surface area contributed by atoms with Crippen molar-refractivity contribution in [3.63, 3.8) is 0 Å². The Morgan fingerprint density at radius 3 is 2.65 bits per heavy atom. The molecule has 17 heavy (non-hydrogen) atoms. The minimum Gasteiger partial charge on any atom is -0.378 e. The molecule has 1 saturated heterocycles. The molecule has 0 bridgehead atoms. The summed E-state index contributed by atoms with van der Waals surface area (Å²) in [6, 6.07) is 0.386. The summed E-state index contributed by atoms with van der Waals surface area (Å²) in [7, 11) is 0. The molecule has 2 N–H and O–H groups in total. The molecule has 4 nitrogen and oxygen atoms in total. The number of amides is 2. The van der Waals surface area contributed by atoms with Crippen LogP contribution in [0.25, 0.3) is 0 Å². The number of carbonyl (C=O) groups is 1. The van der Waals surface area contributed by atoms with E-state index < -0.39 is 0 Å². The van der Waals surface area contributed by atoms with E-state index in [0.717, 1.165) is 32.4 Å². The van der Waals surface area contributed by atoms with Gasteiger partial charge in [-0.25, -0.2) is 4.79 Å². The lowest BCUT2D eigenvalue weighted by molar-refractivity contribution is 0.106. The summed E-state index contributed by atoms with van der Waals surface area (Å²) in [5.74, 6) is 0.479. The highest BCUT2D eigenvalue weighted by molar-refractivity contribution is 5.74. The monoisotopic (exact) mass is 240 g/mol. The van der Waals surface area contributed by atoms with Crippen LogP contribution in [-0.2, 0) is 4.74 Å². The lowest BCUT2D eigenvalue weighted by atomic mass is 9.96. The van der Waals surface area contributed by atoms with Gasteiger partial charge in [-0.1, -0.05) is 19.3 Å². The van der Waals surface area contributed by atoms with Crippen molar-refractivity contribution < 1.29 is 9.53 Å². The molecule has 2 amide bonds. The predicted molar refractivity (Wildman–Crippen MR) is 66.9 cm³/mol. The van der Waals surface area contributed by atoms with Crippen LogP contribution in [0.1, 0.15) is 45.4 Å². The highest BCUT2D eigenvalue weighted by Gasteiger charge is 2.24. The summed E-state index contributed by atoms with van der Waals surface area (Å²) in [4.78, 5) is 11.7. The molecule has 2 aliphatic rings. The molecule has 98 valence electrons. The first-order valence-corrected chi connectivity index (χ1v) is 6.91. The quantitative estimate of drug-likeness (QED) is 0.793. The first-order chi connectivity index (χ1) is 8.25. The largest absolute Gasteiger partial charge is 0.378 e. The Labute approximate surface area is 103 Å². The average Bonchev–Trinajstić information content (AvgIpc) is 2.74. The van der Waals surface area contributed by atoms with Gasteiger partial charge in [0.05, 0.1) is 6.10 Å². The third-order valence-corrected chi connectivity index (χ3v) is 4.00. The fourth-order valence-electron chi connectivity index (χ4n) is 2.75. The van der Waals surface area contributed by atoms with Gasteiger partial charge in [-0.2, -0.15) is 0 Å². The topological polar surface area (TPSA) is 50.4 Å².